The molecule has 0 aromatic rings. The van der Waals surface area contributed by atoms with Crippen LogP contribution < -0.4 is 5.32 Å². The Morgan fingerprint density at radius 1 is 1.12 bits per heavy atom. The van der Waals surface area contributed by atoms with Crippen LogP contribution in [0, 0.1) is 5.92 Å². The number of amides is 2. The summed E-state index contributed by atoms with van der Waals surface area (Å²) in [5.41, 5.74) is 0.466. The molecule has 1 rings (SSSR count). The van der Waals surface area contributed by atoms with Crippen molar-refractivity contribution in [2.75, 3.05) is 26.7 Å². The fourth-order valence-corrected chi connectivity index (χ4v) is 3.69. The summed E-state index contributed by atoms with van der Waals surface area (Å²) in [6.07, 6.45) is 6.89. The lowest BCUT2D eigenvalue weighted by Gasteiger charge is -2.39. The first kappa shape index (κ1) is 31.1. The second-order valence-corrected chi connectivity index (χ2v) is 9.27. The van der Waals surface area contributed by atoms with Gasteiger partial charge in [-0.1, -0.05) is 53.5 Å². The molecular weight excluding hydrogens is 418 g/mol. The zero-order valence-corrected chi connectivity index (χ0v) is 22.6. The first-order valence-corrected chi connectivity index (χ1v) is 12.7. The maximum absolute atomic E-state index is 13.1. The molecule has 2 amide bonds. The minimum absolute atomic E-state index is 0.0420. The molecule has 1 N–H and O–H groups in total. The van der Waals surface area contributed by atoms with Crippen molar-refractivity contribution < 1.29 is 19.1 Å². The zero-order valence-electron chi connectivity index (χ0n) is 22.6. The van der Waals surface area contributed by atoms with Crippen LogP contribution in [0.5, 0.6) is 0 Å². The number of ether oxygens (including phenoxy) is 1. The van der Waals surface area contributed by atoms with Crippen molar-refractivity contribution in [3.8, 4) is 0 Å². The number of hydrogen-bond acceptors (Lipinski definition) is 5. The van der Waals surface area contributed by atoms with E-state index in [1.807, 2.05) is 13.8 Å². The molecule has 7 heteroatoms. The van der Waals surface area contributed by atoms with E-state index in [-0.39, 0.29) is 36.3 Å². The van der Waals surface area contributed by atoms with Gasteiger partial charge in [-0.15, -0.1) is 0 Å². The van der Waals surface area contributed by atoms with Crippen LogP contribution >= 0.6 is 0 Å². The van der Waals surface area contributed by atoms with Gasteiger partial charge in [0.1, 0.15) is 6.04 Å². The Labute approximate surface area is 202 Å². The highest BCUT2D eigenvalue weighted by atomic mass is 16.5. The van der Waals surface area contributed by atoms with E-state index in [0.29, 0.717) is 18.2 Å². The Morgan fingerprint density at radius 3 is 2.24 bits per heavy atom. The molecule has 1 aliphatic heterocycles. The Balaban J connectivity index is 0.00000322. The van der Waals surface area contributed by atoms with Crippen LogP contribution in [0.1, 0.15) is 87.5 Å². The molecule has 0 spiro atoms. The molecule has 192 valence electrons. The summed E-state index contributed by atoms with van der Waals surface area (Å²) in [7, 11) is 1.69. The van der Waals surface area contributed by atoms with Crippen molar-refractivity contribution in [1.82, 2.24) is 15.1 Å². The number of piperidine rings is 1. The predicted octanol–water partition coefficient (Wildman–Crippen LogP) is 4.16. The molecule has 7 nitrogen and oxygen atoms in total. The molecular formula is C26H49N3O4. The Hall–Kier alpha value is -1.89. The Morgan fingerprint density at radius 2 is 1.73 bits per heavy atom. The second kappa shape index (κ2) is 16.7. The molecule has 1 saturated heterocycles. The van der Waals surface area contributed by atoms with Gasteiger partial charge >= 0.3 is 5.97 Å². The molecule has 1 heterocycles. The van der Waals surface area contributed by atoms with Crippen LogP contribution in [0.25, 0.3) is 0 Å². The molecule has 1 fully saturated rings. The van der Waals surface area contributed by atoms with Crippen molar-refractivity contribution in [3.63, 3.8) is 0 Å². The van der Waals surface area contributed by atoms with Crippen molar-refractivity contribution in [1.29, 1.82) is 0 Å². The van der Waals surface area contributed by atoms with Crippen molar-refractivity contribution in [3.05, 3.63) is 11.6 Å². The van der Waals surface area contributed by atoms with E-state index in [2.05, 4.69) is 37.9 Å². The lowest BCUT2D eigenvalue weighted by molar-refractivity contribution is -0.139. The zero-order chi connectivity index (χ0) is 25.6. The number of esters is 1. The van der Waals surface area contributed by atoms with Crippen molar-refractivity contribution in [2.45, 2.75) is 106 Å². The first-order valence-electron chi connectivity index (χ1n) is 12.7. The quantitative estimate of drug-likeness (QED) is 0.385. The van der Waals surface area contributed by atoms with E-state index >= 15 is 0 Å². The first-order chi connectivity index (χ1) is 15.5. The van der Waals surface area contributed by atoms with Gasteiger partial charge in [-0.3, -0.25) is 14.5 Å². The molecule has 0 bridgehead atoms. The minimum atomic E-state index is -0.598. The third-order valence-corrected chi connectivity index (χ3v) is 5.88. The highest BCUT2D eigenvalue weighted by Gasteiger charge is 2.34. The fourth-order valence-electron chi connectivity index (χ4n) is 3.69. The van der Waals surface area contributed by atoms with Gasteiger partial charge in [0.25, 0.3) is 0 Å². The van der Waals surface area contributed by atoms with Gasteiger partial charge in [0.05, 0.1) is 12.6 Å². The van der Waals surface area contributed by atoms with E-state index in [9.17, 15) is 14.4 Å². The SMILES string of the molecule is CCC.CCOC(=O)/C(C)=C/CN(C)C(=O)C(NC(=O)C1CCCCN1C(C)CC)C(C)C. The molecule has 0 saturated carbocycles. The Kier molecular flexibility index (Phi) is 15.7. The maximum Gasteiger partial charge on any atom is 0.333 e. The van der Waals surface area contributed by atoms with E-state index in [4.69, 9.17) is 4.74 Å². The van der Waals surface area contributed by atoms with Gasteiger partial charge in [0.15, 0.2) is 0 Å². The van der Waals surface area contributed by atoms with Crippen LogP contribution in [0.15, 0.2) is 11.6 Å². The third kappa shape index (κ3) is 10.7. The number of carbonyl (C=O) groups excluding carboxylic acids is 3. The summed E-state index contributed by atoms with van der Waals surface area (Å²) < 4.78 is 4.97. The normalized spacial score (nSPS) is 18.6. The van der Waals surface area contributed by atoms with E-state index < -0.39 is 6.04 Å². The number of carbonyl (C=O) groups is 3. The lowest BCUT2D eigenvalue weighted by Crippen LogP contribution is -2.58. The molecule has 0 aliphatic carbocycles. The number of likely N-dealkylation sites (N-methyl/N-ethyl adjacent to an activating group) is 1. The number of nitrogens with zero attached hydrogens (tertiary/aromatic N) is 2. The van der Waals surface area contributed by atoms with Crippen molar-refractivity contribution >= 4 is 17.8 Å². The van der Waals surface area contributed by atoms with Crippen LogP contribution in [0.2, 0.25) is 0 Å². The summed E-state index contributed by atoms with van der Waals surface area (Å²) in [6, 6.07) is -0.438. The minimum Gasteiger partial charge on any atom is -0.463 e. The summed E-state index contributed by atoms with van der Waals surface area (Å²) in [6.45, 7) is 17.4. The monoisotopic (exact) mass is 467 g/mol. The summed E-state index contributed by atoms with van der Waals surface area (Å²) in [4.78, 5) is 41.7. The molecule has 3 atom stereocenters. The van der Waals surface area contributed by atoms with Crippen molar-refractivity contribution in [2.24, 2.45) is 5.92 Å². The predicted molar refractivity (Wildman–Crippen MR) is 135 cm³/mol. The largest absolute Gasteiger partial charge is 0.463 e. The van der Waals surface area contributed by atoms with Gasteiger partial charge in [0.2, 0.25) is 11.8 Å². The molecule has 33 heavy (non-hydrogen) atoms. The third-order valence-electron chi connectivity index (χ3n) is 5.88. The molecule has 0 aromatic heterocycles. The number of hydrogen-bond donors (Lipinski definition) is 1. The highest BCUT2D eigenvalue weighted by Crippen LogP contribution is 2.21. The summed E-state index contributed by atoms with van der Waals surface area (Å²) in [5.74, 6) is -0.639. The van der Waals surface area contributed by atoms with E-state index in [0.717, 1.165) is 32.2 Å². The van der Waals surface area contributed by atoms with Gasteiger partial charge in [-0.2, -0.15) is 0 Å². The van der Waals surface area contributed by atoms with E-state index in [1.54, 1.807) is 31.9 Å². The van der Waals surface area contributed by atoms with Crippen LogP contribution in [-0.2, 0) is 19.1 Å². The summed E-state index contributed by atoms with van der Waals surface area (Å²) >= 11 is 0. The Bertz CT molecular complexity index is 633. The topological polar surface area (TPSA) is 79.0 Å². The van der Waals surface area contributed by atoms with E-state index in [1.165, 1.54) is 6.42 Å². The average molecular weight is 468 g/mol. The fraction of sp³-hybridized carbons (Fsp3) is 0.808. The number of rotatable bonds is 10. The van der Waals surface area contributed by atoms with Gasteiger partial charge in [-0.25, -0.2) is 4.79 Å². The lowest BCUT2D eigenvalue weighted by atomic mass is 9.96. The van der Waals surface area contributed by atoms with Crippen LogP contribution in [0.4, 0.5) is 0 Å². The number of likely N-dealkylation sites (tertiary alicyclic amines) is 1. The second-order valence-electron chi connectivity index (χ2n) is 9.27. The smallest absolute Gasteiger partial charge is 0.333 e. The molecule has 3 unspecified atom stereocenters. The molecule has 0 aromatic carbocycles. The summed E-state index contributed by atoms with van der Waals surface area (Å²) in [5, 5.41) is 3.02. The van der Waals surface area contributed by atoms with Gasteiger partial charge in [0, 0.05) is 25.2 Å². The maximum atomic E-state index is 13.1. The number of nitrogens with one attached hydrogen (secondary N) is 1. The van der Waals surface area contributed by atoms with Gasteiger partial charge < -0.3 is 15.0 Å². The van der Waals surface area contributed by atoms with Crippen LogP contribution in [-0.4, -0.2) is 72.5 Å². The van der Waals surface area contributed by atoms with Crippen LogP contribution in [0.3, 0.4) is 0 Å². The standard InChI is InChI=1S/C23H41N3O4.C3H8/c1-8-18(6)26-14-11-10-12-19(26)21(27)24-20(16(3)4)22(28)25(7)15-13-17(5)23(29)30-9-2;1-3-2/h13,16,18-20H,8-12,14-15H2,1-7H3,(H,24,27);3H2,1-2H3/b17-13+;. The molecule has 1 aliphatic rings. The highest BCUT2D eigenvalue weighted by molar-refractivity contribution is 5.90. The van der Waals surface area contributed by atoms with Gasteiger partial charge in [-0.05, 0) is 52.5 Å². The molecule has 0 radical (unpaired) electrons. The average Bonchev–Trinajstić information content (AvgIpc) is 2.79.